The second kappa shape index (κ2) is 5.73. The van der Waals surface area contributed by atoms with Crippen LogP contribution in [0.15, 0.2) is 39.6 Å². The fourth-order valence-corrected chi connectivity index (χ4v) is 5.23. The second-order valence-corrected chi connectivity index (χ2v) is 8.04. The van der Waals surface area contributed by atoms with E-state index in [1.807, 2.05) is 49.6 Å². The number of benzene rings is 1. The molecule has 2 atom stereocenters. The molecule has 0 unspecified atom stereocenters. The van der Waals surface area contributed by atoms with Crippen LogP contribution in [-0.4, -0.2) is 27.7 Å². The molecule has 1 N–H and O–H groups in total. The number of nitrogens with zero attached hydrogens (tertiary/aromatic N) is 1. The Morgan fingerprint density at radius 3 is 2.76 bits per heavy atom. The van der Waals surface area contributed by atoms with Crippen LogP contribution in [0.5, 0.6) is 0 Å². The van der Waals surface area contributed by atoms with Crippen LogP contribution in [0.4, 0.5) is 0 Å². The molecule has 1 aromatic rings. The summed E-state index contributed by atoms with van der Waals surface area (Å²) < 4.78 is 17.4. The Balaban J connectivity index is 1.92. The van der Waals surface area contributed by atoms with E-state index >= 15 is 0 Å². The molecule has 0 aliphatic heterocycles. The van der Waals surface area contributed by atoms with Gasteiger partial charge in [-0.25, -0.2) is 8.57 Å². The molecule has 2 saturated carbocycles. The summed E-state index contributed by atoms with van der Waals surface area (Å²) in [7, 11) is -1.03. The first-order chi connectivity index (χ1) is 10.1. The van der Waals surface area contributed by atoms with Crippen molar-refractivity contribution in [3.8, 4) is 0 Å². The van der Waals surface area contributed by atoms with Crippen LogP contribution in [0.25, 0.3) is 0 Å². The van der Waals surface area contributed by atoms with E-state index in [-0.39, 0.29) is 5.75 Å². The lowest BCUT2D eigenvalue weighted by molar-refractivity contribution is 0.0616. The zero-order valence-corrected chi connectivity index (χ0v) is 13.0. The van der Waals surface area contributed by atoms with Crippen LogP contribution in [-0.2, 0) is 9.73 Å². The lowest BCUT2D eigenvalue weighted by Crippen LogP contribution is -2.46. The first-order valence-electron chi connectivity index (χ1n) is 7.23. The molecular weight excluding hydrogens is 282 g/mol. The lowest BCUT2D eigenvalue weighted by Gasteiger charge is -2.41. The van der Waals surface area contributed by atoms with E-state index in [0.29, 0.717) is 11.3 Å². The van der Waals surface area contributed by atoms with E-state index in [4.69, 9.17) is 0 Å². The first kappa shape index (κ1) is 15.0. The minimum atomic E-state index is -2.61. The van der Waals surface area contributed by atoms with Crippen LogP contribution in [0.3, 0.4) is 0 Å². The summed E-state index contributed by atoms with van der Waals surface area (Å²) in [5.41, 5.74) is -1.04. The van der Waals surface area contributed by atoms with Crippen LogP contribution >= 0.6 is 0 Å². The van der Waals surface area contributed by atoms with Gasteiger partial charge >= 0.3 is 0 Å². The molecule has 0 saturated heterocycles. The molecule has 3 rings (SSSR count). The molecular formula is C17H20NO2S. The highest BCUT2D eigenvalue weighted by Crippen LogP contribution is 2.50. The Hall–Kier alpha value is -0.870. The minimum absolute atomic E-state index is 0.164. The normalized spacial score (nSPS) is 29.8. The molecule has 111 valence electrons. The molecule has 2 fully saturated rings. The average Bonchev–Trinajstić information content (AvgIpc) is 2.98. The van der Waals surface area contributed by atoms with Gasteiger partial charge in [0, 0.05) is 17.9 Å². The van der Waals surface area contributed by atoms with Gasteiger partial charge in [0.05, 0.1) is 21.1 Å². The van der Waals surface area contributed by atoms with Gasteiger partial charge in [0.25, 0.3) is 0 Å². The molecule has 3 nitrogen and oxygen atoms in total. The van der Waals surface area contributed by atoms with E-state index in [0.717, 1.165) is 18.8 Å². The third kappa shape index (κ3) is 2.76. The molecule has 5 radical (unpaired) electrons. The monoisotopic (exact) mass is 302 g/mol. The van der Waals surface area contributed by atoms with E-state index in [9.17, 15) is 9.32 Å². The third-order valence-corrected chi connectivity index (χ3v) is 6.75. The number of hydrogen-bond acceptors (Lipinski definition) is 3. The molecule has 1 aromatic carbocycles. The van der Waals surface area contributed by atoms with Gasteiger partial charge in [-0.3, -0.25) is 0 Å². The Morgan fingerprint density at radius 2 is 2.05 bits per heavy atom. The van der Waals surface area contributed by atoms with Gasteiger partial charge in [-0.1, -0.05) is 18.2 Å². The van der Waals surface area contributed by atoms with E-state index < -0.39 is 15.3 Å². The van der Waals surface area contributed by atoms with Gasteiger partial charge in [-0.05, 0) is 56.6 Å². The molecule has 0 aromatic heterocycles. The van der Waals surface area contributed by atoms with Crippen LogP contribution in [0.2, 0.25) is 0 Å². The molecule has 4 heteroatoms. The Kier molecular flexibility index (Phi) is 4.10. The number of hydrogen-bond donors (Lipinski definition) is 1. The molecule has 0 spiro atoms. The molecule has 0 amide bonds. The van der Waals surface area contributed by atoms with E-state index in [2.05, 4.69) is 4.36 Å². The predicted octanol–water partition coefficient (Wildman–Crippen LogP) is 2.83. The van der Waals surface area contributed by atoms with Crippen molar-refractivity contribution in [2.24, 2.45) is 4.36 Å². The van der Waals surface area contributed by atoms with Gasteiger partial charge in [0.1, 0.15) is 0 Å². The highest BCUT2D eigenvalue weighted by atomic mass is 32.2. The molecule has 2 aliphatic carbocycles. The zero-order valence-electron chi connectivity index (χ0n) is 12.2. The van der Waals surface area contributed by atoms with Crippen molar-refractivity contribution in [1.29, 1.82) is 0 Å². The van der Waals surface area contributed by atoms with Gasteiger partial charge in [0.15, 0.2) is 0 Å². The lowest BCUT2D eigenvalue weighted by atomic mass is 9.71. The summed E-state index contributed by atoms with van der Waals surface area (Å²) in [6, 6.07) is 9.27. The van der Waals surface area contributed by atoms with Crippen LogP contribution < -0.4 is 0 Å². The van der Waals surface area contributed by atoms with Gasteiger partial charge in [0.2, 0.25) is 0 Å². The summed E-state index contributed by atoms with van der Waals surface area (Å²) in [5.74, 6) is 2.27. The quantitative estimate of drug-likeness (QED) is 0.933. The largest absolute Gasteiger partial charge is 0.388 e. The zero-order chi connectivity index (χ0) is 14.9. The summed E-state index contributed by atoms with van der Waals surface area (Å²) >= 11 is 0. The maximum Gasteiger partial charge on any atom is 0.0845 e. The van der Waals surface area contributed by atoms with E-state index in [1.165, 1.54) is 5.92 Å². The van der Waals surface area contributed by atoms with E-state index in [1.54, 1.807) is 7.05 Å². The van der Waals surface area contributed by atoms with Crippen molar-refractivity contribution in [2.45, 2.75) is 29.8 Å². The first-order valence-corrected chi connectivity index (χ1v) is 8.91. The summed E-state index contributed by atoms with van der Waals surface area (Å²) in [6.45, 7) is 0. The van der Waals surface area contributed by atoms with Crippen LogP contribution in [0.1, 0.15) is 19.3 Å². The van der Waals surface area contributed by atoms with Gasteiger partial charge < -0.3 is 5.11 Å². The van der Waals surface area contributed by atoms with Crippen LogP contribution in [0, 0.1) is 31.1 Å². The fraction of sp³-hybridized carbons (Fsp3) is 0.353. The summed E-state index contributed by atoms with van der Waals surface area (Å²) in [5, 5.41) is 11.1. The molecule has 0 bridgehead atoms. The van der Waals surface area contributed by atoms with Crippen molar-refractivity contribution in [3.63, 3.8) is 0 Å². The van der Waals surface area contributed by atoms with Crippen molar-refractivity contribution < 1.29 is 9.32 Å². The number of rotatable bonds is 3. The molecule has 21 heavy (non-hydrogen) atoms. The third-order valence-electron chi connectivity index (χ3n) is 4.28. The standard InChI is InChI=1S/C17H20NO2S/c1-18-21(20,15-9-3-2-4-10-15)13-17(19)12-6-8-14-7-5-11-16(14)17/h2-5,7,9-11,19H,6,8,12-13H2,1H3/t17-,21-/m1/s1. The Morgan fingerprint density at radius 1 is 1.29 bits per heavy atom. The van der Waals surface area contributed by atoms with Crippen molar-refractivity contribution in [3.05, 3.63) is 61.4 Å². The van der Waals surface area contributed by atoms with Crippen molar-refractivity contribution >= 4 is 9.73 Å². The smallest absolute Gasteiger partial charge is 0.0845 e. The van der Waals surface area contributed by atoms with Gasteiger partial charge in [-0.2, -0.15) is 0 Å². The maximum absolute atomic E-state index is 13.2. The molecule has 0 heterocycles. The minimum Gasteiger partial charge on any atom is -0.388 e. The highest BCUT2D eigenvalue weighted by molar-refractivity contribution is 7.93. The van der Waals surface area contributed by atoms with Crippen molar-refractivity contribution in [1.82, 2.24) is 0 Å². The fourth-order valence-electron chi connectivity index (χ4n) is 3.20. The summed E-state index contributed by atoms with van der Waals surface area (Å²) in [6.07, 6.45) is 8.52. The Bertz CT molecular complexity index is 606. The SMILES string of the molecule is CN=[S@@](=O)(C[C@]1(O)CCC[C]2[CH][CH][CH][C]21)c1ccccc1. The topological polar surface area (TPSA) is 49.7 Å². The average molecular weight is 302 g/mol. The molecule has 2 aliphatic rings. The number of aliphatic hydroxyl groups is 1. The number of fused-ring (bicyclic) bond motifs is 1. The highest BCUT2D eigenvalue weighted by Gasteiger charge is 2.49. The summed E-state index contributed by atoms with van der Waals surface area (Å²) in [4.78, 5) is 0.694. The predicted molar refractivity (Wildman–Crippen MR) is 84.3 cm³/mol. The van der Waals surface area contributed by atoms with Gasteiger partial charge in [-0.15, -0.1) is 0 Å². The maximum atomic E-state index is 13.2. The Labute approximate surface area is 128 Å². The van der Waals surface area contributed by atoms with Crippen molar-refractivity contribution in [2.75, 3.05) is 12.8 Å². The second-order valence-electron chi connectivity index (χ2n) is 5.63.